The minimum Gasteiger partial charge on any atom is -0.361 e. The third kappa shape index (κ3) is 8.58. The first-order chi connectivity index (χ1) is 10.6. The summed E-state index contributed by atoms with van der Waals surface area (Å²) in [7, 11) is 0. The van der Waals surface area contributed by atoms with Crippen molar-refractivity contribution in [1.29, 1.82) is 0 Å². The first kappa shape index (κ1) is 22.2. The molecule has 1 unspecified atom stereocenters. The van der Waals surface area contributed by atoms with E-state index in [0.717, 1.165) is 36.9 Å². The van der Waals surface area contributed by atoms with Gasteiger partial charge in [-0.05, 0) is 40.5 Å². The van der Waals surface area contributed by atoms with Crippen LogP contribution in [0.15, 0.2) is 9.52 Å². The van der Waals surface area contributed by atoms with Gasteiger partial charge in [0.15, 0.2) is 5.96 Å². The van der Waals surface area contributed by atoms with E-state index in [1.807, 2.05) is 13.8 Å². The number of aliphatic imine (C=N–C) groups is 1. The van der Waals surface area contributed by atoms with E-state index < -0.39 is 0 Å². The number of aryl methyl sites for hydroxylation is 2. The maximum atomic E-state index is 5.19. The number of rotatable bonds is 9. The number of unbranched alkanes of at least 4 members (excludes halogenated alkanes) is 2. The molecule has 0 aromatic carbocycles. The van der Waals surface area contributed by atoms with Gasteiger partial charge in [0.2, 0.25) is 0 Å². The van der Waals surface area contributed by atoms with Gasteiger partial charge < -0.3 is 15.2 Å². The Kier molecular flexibility index (Phi) is 12.2. The van der Waals surface area contributed by atoms with Crippen LogP contribution in [0.25, 0.3) is 0 Å². The highest BCUT2D eigenvalue weighted by atomic mass is 127. The number of hydrogen-bond donors (Lipinski definition) is 2. The average Bonchev–Trinajstić information content (AvgIpc) is 2.79. The molecular weight excluding hydrogens is 403 g/mol. The van der Waals surface area contributed by atoms with E-state index in [1.54, 1.807) is 0 Å². The summed E-state index contributed by atoms with van der Waals surface area (Å²) in [4.78, 5) is 4.66. The van der Waals surface area contributed by atoms with Gasteiger partial charge in [-0.15, -0.1) is 24.0 Å². The molecule has 0 bridgehead atoms. The van der Waals surface area contributed by atoms with Gasteiger partial charge in [0, 0.05) is 24.7 Å². The van der Waals surface area contributed by atoms with Crippen LogP contribution in [0.1, 0.15) is 63.5 Å². The van der Waals surface area contributed by atoms with E-state index in [2.05, 4.69) is 41.6 Å². The lowest BCUT2D eigenvalue weighted by Gasteiger charge is -2.17. The van der Waals surface area contributed by atoms with Crippen molar-refractivity contribution in [3.05, 3.63) is 17.0 Å². The second kappa shape index (κ2) is 12.6. The molecule has 0 radical (unpaired) electrons. The third-order valence-corrected chi connectivity index (χ3v) is 3.78. The fourth-order valence-electron chi connectivity index (χ4n) is 2.46. The van der Waals surface area contributed by atoms with Crippen LogP contribution in [-0.4, -0.2) is 30.2 Å². The molecule has 0 spiro atoms. The topological polar surface area (TPSA) is 62.5 Å². The largest absolute Gasteiger partial charge is 0.361 e. The van der Waals surface area contributed by atoms with Crippen LogP contribution in [0.3, 0.4) is 0 Å². The highest BCUT2D eigenvalue weighted by molar-refractivity contribution is 14.0. The minimum atomic E-state index is 0. The minimum absolute atomic E-state index is 0. The molecule has 1 rings (SSSR count). The van der Waals surface area contributed by atoms with Crippen molar-refractivity contribution in [1.82, 2.24) is 15.8 Å². The molecule has 0 saturated carbocycles. The number of aromatic nitrogens is 1. The normalized spacial score (nSPS) is 12.7. The van der Waals surface area contributed by atoms with Crippen LogP contribution in [0, 0.1) is 13.8 Å². The first-order valence-electron chi connectivity index (χ1n) is 8.55. The zero-order chi connectivity index (χ0) is 16.4. The van der Waals surface area contributed by atoms with Crippen molar-refractivity contribution >= 4 is 29.9 Å². The molecule has 1 aromatic heterocycles. The molecule has 0 fully saturated rings. The Labute approximate surface area is 158 Å². The van der Waals surface area contributed by atoms with Crippen LogP contribution in [0.2, 0.25) is 0 Å². The number of nitrogens with one attached hydrogen (secondary N) is 2. The summed E-state index contributed by atoms with van der Waals surface area (Å²) in [5.74, 6) is 1.80. The first-order valence-corrected chi connectivity index (χ1v) is 8.55. The summed E-state index contributed by atoms with van der Waals surface area (Å²) in [6.45, 7) is 12.1. The van der Waals surface area contributed by atoms with Gasteiger partial charge in [-0.25, -0.2) is 0 Å². The Bertz CT molecular complexity index is 440. The van der Waals surface area contributed by atoms with Crippen molar-refractivity contribution in [3.8, 4) is 0 Å². The van der Waals surface area contributed by atoms with Crippen molar-refractivity contribution in [2.24, 2.45) is 4.99 Å². The molecule has 1 heterocycles. The maximum Gasteiger partial charge on any atom is 0.191 e. The third-order valence-electron chi connectivity index (χ3n) is 3.78. The van der Waals surface area contributed by atoms with Crippen LogP contribution in [0.4, 0.5) is 0 Å². The number of hydrogen-bond acceptors (Lipinski definition) is 3. The molecule has 1 atom stereocenters. The molecule has 0 amide bonds. The SMILES string of the molecule is CCCCCC(C)NC(=NCCc1c(C)noc1C)NCC.I. The van der Waals surface area contributed by atoms with Gasteiger partial charge in [0.25, 0.3) is 0 Å². The van der Waals surface area contributed by atoms with E-state index in [0.29, 0.717) is 6.04 Å². The fourth-order valence-corrected chi connectivity index (χ4v) is 2.46. The van der Waals surface area contributed by atoms with Crippen molar-refractivity contribution in [2.75, 3.05) is 13.1 Å². The van der Waals surface area contributed by atoms with Crippen molar-refractivity contribution in [2.45, 2.75) is 72.8 Å². The Hall–Kier alpha value is -0.790. The number of guanidine groups is 1. The van der Waals surface area contributed by atoms with Crippen LogP contribution < -0.4 is 10.6 Å². The van der Waals surface area contributed by atoms with Gasteiger partial charge >= 0.3 is 0 Å². The second-order valence-corrected chi connectivity index (χ2v) is 5.85. The Balaban J connectivity index is 0.00000484. The lowest BCUT2D eigenvalue weighted by molar-refractivity contribution is 0.392. The summed E-state index contributed by atoms with van der Waals surface area (Å²) >= 11 is 0. The summed E-state index contributed by atoms with van der Waals surface area (Å²) < 4.78 is 5.19. The van der Waals surface area contributed by atoms with Gasteiger partial charge in [-0.2, -0.15) is 0 Å². The van der Waals surface area contributed by atoms with E-state index >= 15 is 0 Å². The van der Waals surface area contributed by atoms with E-state index in [1.165, 1.54) is 31.2 Å². The molecule has 0 aliphatic rings. The van der Waals surface area contributed by atoms with Gasteiger partial charge in [-0.1, -0.05) is 31.3 Å². The molecule has 23 heavy (non-hydrogen) atoms. The fraction of sp³-hybridized carbons (Fsp3) is 0.765. The highest BCUT2D eigenvalue weighted by Crippen LogP contribution is 2.12. The summed E-state index contributed by atoms with van der Waals surface area (Å²) in [6, 6.07) is 0.448. The number of nitrogens with zero attached hydrogens (tertiary/aromatic N) is 2. The Morgan fingerprint density at radius 3 is 2.57 bits per heavy atom. The van der Waals surface area contributed by atoms with E-state index in [4.69, 9.17) is 4.52 Å². The quantitative estimate of drug-likeness (QED) is 0.266. The van der Waals surface area contributed by atoms with Gasteiger partial charge in [0.1, 0.15) is 5.76 Å². The molecule has 2 N–H and O–H groups in total. The van der Waals surface area contributed by atoms with Crippen molar-refractivity contribution < 1.29 is 4.52 Å². The predicted octanol–water partition coefficient (Wildman–Crippen LogP) is 3.98. The molecule has 0 saturated heterocycles. The lowest BCUT2D eigenvalue weighted by atomic mass is 10.1. The van der Waals surface area contributed by atoms with Crippen LogP contribution in [-0.2, 0) is 6.42 Å². The Morgan fingerprint density at radius 1 is 1.26 bits per heavy atom. The Morgan fingerprint density at radius 2 is 2.00 bits per heavy atom. The van der Waals surface area contributed by atoms with E-state index in [-0.39, 0.29) is 24.0 Å². The lowest BCUT2D eigenvalue weighted by Crippen LogP contribution is -2.42. The average molecular weight is 436 g/mol. The molecule has 0 aliphatic heterocycles. The molecular formula is C17H33IN4O. The standard InChI is InChI=1S/C17H32N4O.HI/c1-6-8-9-10-13(3)20-17(18-7-2)19-12-11-16-14(4)21-22-15(16)5;/h13H,6-12H2,1-5H3,(H2,18,19,20);1H. The monoisotopic (exact) mass is 436 g/mol. The molecule has 5 nitrogen and oxygen atoms in total. The smallest absolute Gasteiger partial charge is 0.191 e. The van der Waals surface area contributed by atoms with Gasteiger partial charge in [0.05, 0.1) is 5.69 Å². The van der Waals surface area contributed by atoms with Gasteiger partial charge in [-0.3, -0.25) is 4.99 Å². The predicted molar refractivity (Wildman–Crippen MR) is 108 cm³/mol. The second-order valence-electron chi connectivity index (χ2n) is 5.85. The summed E-state index contributed by atoms with van der Waals surface area (Å²) in [5, 5.41) is 10.8. The van der Waals surface area contributed by atoms with Crippen LogP contribution >= 0.6 is 24.0 Å². The van der Waals surface area contributed by atoms with Crippen LogP contribution in [0.5, 0.6) is 0 Å². The summed E-state index contributed by atoms with van der Waals surface area (Å²) in [5.41, 5.74) is 2.15. The molecule has 134 valence electrons. The molecule has 0 aliphatic carbocycles. The zero-order valence-corrected chi connectivity index (χ0v) is 17.6. The summed E-state index contributed by atoms with van der Waals surface area (Å²) in [6.07, 6.45) is 5.87. The molecule has 1 aromatic rings. The van der Waals surface area contributed by atoms with Crippen molar-refractivity contribution in [3.63, 3.8) is 0 Å². The number of halogens is 1. The van der Waals surface area contributed by atoms with E-state index in [9.17, 15) is 0 Å². The highest BCUT2D eigenvalue weighted by Gasteiger charge is 2.09. The zero-order valence-electron chi connectivity index (χ0n) is 15.2. The maximum absolute atomic E-state index is 5.19. The molecule has 6 heteroatoms.